The molecule has 0 saturated carbocycles. The fourth-order valence-electron chi connectivity index (χ4n) is 4.89. The summed E-state index contributed by atoms with van der Waals surface area (Å²) in [6.07, 6.45) is 0. The van der Waals surface area contributed by atoms with E-state index in [9.17, 15) is 0 Å². The molecule has 3 aromatic carbocycles. The minimum atomic E-state index is 0.480. The predicted octanol–water partition coefficient (Wildman–Crippen LogP) is 5.05. The van der Waals surface area contributed by atoms with Crippen LogP contribution in [-0.2, 0) is 19.6 Å². The molecule has 2 aliphatic heterocycles. The molecule has 2 heterocycles. The van der Waals surface area contributed by atoms with Gasteiger partial charge in [-0.15, -0.1) is 0 Å². The molecule has 30 heavy (non-hydrogen) atoms. The minimum absolute atomic E-state index is 0.480. The van der Waals surface area contributed by atoms with Gasteiger partial charge in [0.25, 0.3) is 0 Å². The summed E-state index contributed by atoms with van der Waals surface area (Å²) in [6.45, 7) is 7.19. The van der Waals surface area contributed by atoms with Crippen LogP contribution in [0.3, 0.4) is 0 Å². The maximum Gasteiger partial charge on any atom is 0.0545 e. The molecular weight excluding hydrogens is 390 g/mol. The molecule has 154 valence electrons. The Balaban J connectivity index is 1.39. The smallest absolute Gasteiger partial charge is 0.0545 e. The van der Waals surface area contributed by atoms with E-state index in [1.54, 1.807) is 0 Å². The van der Waals surface area contributed by atoms with Crippen molar-refractivity contribution in [1.82, 2.24) is 9.80 Å². The van der Waals surface area contributed by atoms with Crippen molar-refractivity contribution in [3.63, 3.8) is 0 Å². The molecule has 0 amide bonds. The summed E-state index contributed by atoms with van der Waals surface area (Å²) in [5, 5.41) is 0.862. The second-order valence-corrected chi connectivity index (χ2v) is 8.86. The third-order valence-corrected chi connectivity index (χ3v) is 6.70. The molecule has 0 aromatic heterocycles. The molecule has 1 fully saturated rings. The van der Waals surface area contributed by atoms with Crippen molar-refractivity contribution in [2.75, 3.05) is 31.1 Å². The highest BCUT2D eigenvalue weighted by Crippen LogP contribution is 2.31. The first-order chi connectivity index (χ1) is 14.8. The van der Waals surface area contributed by atoms with Gasteiger partial charge in [-0.2, -0.15) is 0 Å². The number of halogens is 1. The number of piperazine rings is 1. The Labute approximate surface area is 184 Å². The van der Waals surface area contributed by atoms with Crippen LogP contribution < -0.4 is 4.90 Å². The fourth-order valence-corrected chi connectivity index (χ4v) is 5.09. The average Bonchev–Trinajstić information content (AvgIpc) is 2.92. The van der Waals surface area contributed by atoms with E-state index in [4.69, 9.17) is 11.6 Å². The van der Waals surface area contributed by atoms with E-state index in [-0.39, 0.29) is 0 Å². The lowest BCUT2D eigenvalue weighted by atomic mass is 10.1. The summed E-state index contributed by atoms with van der Waals surface area (Å²) >= 11 is 6.49. The average molecular weight is 418 g/mol. The zero-order chi connectivity index (χ0) is 20.3. The molecule has 3 aromatic rings. The van der Waals surface area contributed by atoms with Crippen LogP contribution in [0.5, 0.6) is 0 Å². The molecule has 1 unspecified atom stereocenters. The number of anilines is 1. The monoisotopic (exact) mass is 417 g/mol. The highest BCUT2D eigenvalue weighted by Gasteiger charge is 2.32. The second-order valence-electron chi connectivity index (χ2n) is 8.46. The molecule has 0 spiro atoms. The topological polar surface area (TPSA) is 9.72 Å². The van der Waals surface area contributed by atoms with Crippen molar-refractivity contribution in [2.24, 2.45) is 0 Å². The highest BCUT2D eigenvalue weighted by molar-refractivity contribution is 6.31. The van der Waals surface area contributed by atoms with Gasteiger partial charge in [-0.3, -0.25) is 9.80 Å². The van der Waals surface area contributed by atoms with Gasteiger partial charge in [-0.25, -0.2) is 0 Å². The molecule has 0 bridgehead atoms. The Morgan fingerprint density at radius 3 is 2.33 bits per heavy atom. The Morgan fingerprint density at radius 1 is 0.733 bits per heavy atom. The van der Waals surface area contributed by atoms with E-state index < -0.39 is 0 Å². The van der Waals surface area contributed by atoms with Gasteiger partial charge in [0.05, 0.1) is 6.04 Å². The zero-order valence-corrected chi connectivity index (χ0v) is 18.0. The molecular formula is C26H28ClN3. The predicted molar refractivity (Wildman–Crippen MR) is 125 cm³/mol. The van der Waals surface area contributed by atoms with Gasteiger partial charge >= 0.3 is 0 Å². The van der Waals surface area contributed by atoms with E-state index in [1.165, 1.54) is 22.4 Å². The molecule has 4 heteroatoms. The standard InChI is InChI=1S/C26H28ClN3/c27-25-12-6-4-10-22(25)17-29-18-23-11-5-7-13-26(23)30-15-14-28(19-24(30)20-29)16-21-8-2-1-3-9-21/h1-13,24H,14-20H2. The van der Waals surface area contributed by atoms with Gasteiger partial charge in [-0.05, 0) is 28.8 Å². The van der Waals surface area contributed by atoms with Crippen molar-refractivity contribution in [2.45, 2.75) is 25.7 Å². The third kappa shape index (κ3) is 4.24. The van der Waals surface area contributed by atoms with E-state index in [1.807, 2.05) is 12.1 Å². The van der Waals surface area contributed by atoms with Crippen LogP contribution in [0.25, 0.3) is 0 Å². The van der Waals surface area contributed by atoms with E-state index in [2.05, 4.69) is 81.4 Å². The van der Waals surface area contributed by atoms with Crippen LogP contribution in [-0.4, -0.2) is 42.0 Å². The zero-order valence-electron chi connectivity index (χ0n) is 17.3. The Kier molecular flexibility index (Phi) is 5.76. The van der Waals surface area contributed by atoms with Gasteiger partial charge in [0, 0.05) is 56.5 Å². The number of para-hydroxylation sites is 1. The van der Waals surface area contributed by atoms with Crippen molar-refractivity contribution in [1.29, 1.82) is 0 Å². The van der Waals surface area contributed by atoms with Gasteiger partial charge in [0.2, 0.25) is 0 Å². The number of rotatable bonds is 4. The molecule has 0 aliphatic carbocycles. The Morgan fingerprint density at radius 2 is 1.47 bits per heavy atom. The molecule has 5 rings (SSSR count). The van der Waals surface area contributed by atoms with Crippen LogP contribution in [0, 0.1) is 0 Å². The quantitative estimate of drug-likeness (QED) is 0.588. The van der Waals surface area contributed by atoms with Crippen molar-refractivity contribution in [3.05, 3.63) is 101 Å². The first-order valence-electron chi connectivity index (χ1n) is 10.8. The Hall–Kier alpha value is -2.33. The largest absolute Gasteiger partial charge is 0.364 e. The normalized spacial score (nSPS) is 19.8. The summed E-state index contributed by atoms with van der Waals surface area (Å²) in [7, 11) is 0. The van der Waals surface area contributed by atoms with Crippen molar-refractivity contribution >= 4 is 17.3 Å². The van der Waals surface area contributed by atoms with Crippen LogP contribution in [0.15, 0.2) is 78.9 Å². The number of nitrogens with zero attached hydrogens (tertiary/aromatic N) is 3. The van der Waals surface area contributed by atoms with E-state index in [0.29, 0.717) is 6.04 Å². The third-order valence-electron chi connectivity index (χ3n) is 6.33. The van der Waals surface area contributed by atoms with Gasteiger partial charge in [-0.1, -0.05) is 78.3 Å². The lowest BCUT2D eigenvalue weighted by Crippen LogP contribution is -2.55. The summed E-state index contributed by atoms with van der Waals surface area (Å²) in [4.78, 5) is 7.82. The van der Waals surface area contributed by atoms with Gasteiger partial charge in [0.1, 0.15) is 0 Å². The van der Waals surface area contributed by atoms with Crippen LogP contribution in [0.4, 0.5) is 5.69 Å². The van der Waals surface area contributed by atoms with E-state index >= 15 is 0 Å². The molecule has 3 nitrogen and oxygen atoms in total. The molecule has 0 N–H and O–H groups in total. The first-order valence-corrected chi connectivity index (χ1v) is 11.2. The molecule has 2 aliphatic rings. The van der Waals surface area contributed by atoms with Gasteiger partial charge in [0.15, 0.2) is 0 Å². The van der Waals surface area contributed by atoms with Crippen LogP contribution >= 0.6 is 11.6 Å². The van der Waals surface area contributed by atoms with Gasteiger partial charge < -0.3 is 4.90 Å². The SMILES string of the molecule is Clc1ccccc1CN1Cc2ccccc2N2CCN(Cc3ccccc3)CC2C1. The summed E-state index contributed by atoms with van der Waals surface area (Å²) in [5.74, 6) is 0. The lowest BCUT2D eigenvalue weighted by molar-refractivity contribution is 0.173. The molecule has 1 saturated heterocycles. The van der Waals surface area contributed by atoms with Crippen molar-refractivity contribution in [3.8, 4) is 0 Å². The summed E-state index contributed by atoms with van der Waals surface area (Å²) in [5.41, 5.74) is 5.43. The van der Waals surface area contributed by atoms with E-state index in [0.717, 1.165) is 50.8 Å². The fraction of sp³-hybridized carbons (Fsp3) is 0.308. The number of benzene rings is 3. The minimum Gasteiger partial charge on any atom is -0.364 e. The Bertz CT molecular complexity index is 990. The number of hydrogen-bond donors (Lipinski definition) is 0. The summed E-state index contributed by atoms with van der Waals surface area (Å²) in [6, 6.07) is 28.5. The van der Waals surface area contributed by atoms with Crippen LogP contribution in [0.2, 0.25) is 5.02 Å². The number of fused-ring (bicyclic) bond motifs is 3. The second kappa shape index (κ2) is 8.81. The maximum absolute atomic E-state index is 6.49. The maximum atomic E-state index is 6.49. The molecule has 1 atom stereocenters. The summed E-state index contributed by atoms with van der Waals surface area (Å²) < 4.78 is 0. The number of hydrogen-bond acceptors (Lipinski definition) is 3. The first kappa shape index (κ1) is 19.6. The molecule has 0 radical (unpaired) electrons. The van der Waals surface area contributed by atoms with Crippen molar-refractivity contribution < 1.29 is 0 Å². The lowest BCUT2D eigenvalue weighted by Gasteiger charge is -2.43. The van der Waals surface area contributed by atoms with Crippen LogP contribution in [0.1, 0.15) is 16.7 Å². The highest BCUT2D eigenvalue weighted by atomic mass is 35.5.